The van der Waals surface area contributed by atoms with Crippen LogP contribution in [-0.2, 0) is 6.61 Å². The fourth-order valence-electron chi connectivity index (χ4n) is 2.79. The number of nitrogen functional groups attached to an aromatic ring is 1. The van der Waals surface area contributed by atoms with Crippen molar-refractivity contribution in [1.82, 2.24) is 9.78 Å². The van der Waals surface area contributed by atoms with Crippen molar-refractivity contribution in [2.75, 3.05) is 5.73 Å². The summed E-state index contributed by atoms with van der Waals surface area (Å²) < 4.78 is 7.63. The van der Waals surface area contributed by atoms with Gasteiger partial charge in [0.2, 0.25) is 0 Å². The third kappa shape index (κ3) is 3.44. The second kappa shape index (κ2) is 7.15. The molecular formula is C22H19N3O. The second-order valence-corrected chi connectivity index (χ2v) is 6.01. The van der Waals surface area contributed by atoms with Crippen LogP contribution in [0.4, 0.5) is 5.82 Å². The standard InChI is InChI=1S/C22H19N3O/c23-22-21(15-25(24-22)19-9-5-2-6-10-19)18-11-13-20(14-12-18)26-16-17-7-3-1-4-8-17/h1-15H,16H2,(H2,23,24). The Morgan fingerprint density at radius 2 is 1.46 bits per heavy atom. The first kappa shape index (κ1) is 16.0. The van der Waals surface area contributed by atoms with Crippen LogP contribution in [0.15, 0.2) is 91.1 Å². The van der Waals surface area contributed by atoms with Crippen LogP contribution in [0.2, 0.25) is 0 Å². The highest BCUT2D eigenvalue weighted by atomic mass is 16.5. The first-order chi connectivity index (χ1) is 12.8. The molecule has 26 heavy (non-hydrogen) atoms. The number of rotatable bonds is 5. The van der Waals surface area contributed by atoms with Gasteiger partial charge in [-0.2, -0.15) is 5.10 Å². The van der Waals surface area contributed by atoms with E-state index in [1.54, 1.807) is 4.68 Å². The Balaban J connectivity index is 1.51. The average Bonchev–Trinajstić information content (AvgIpc) is 3.10. The maximum absolute atomic E-state index is 6.12. The molecule has 0 unspecified atom stereocenters. The van der Waals surface area contributed by atoms with Gasteiger partial charge in [-0.05, 0) is 35.4 Å². The average molecular weight is 341 g/mol. The number of benzene rings is 3. The predicted molar refractivity (Wildman–Crippen MR) is 104 cm³/mol. The summed E-state index contributed by atoms with van der Waals surface area (Å²) in [7, 11) is 0. The van der Waals surface area contributed by atoms with Crippen molar-refractivity contribution >= 4 is 5.82 Å². The summed E-state index contributed by atoms with van der Waals surface area (Å²) in [4.78, 5) is 0. The van der Waals surface area contributed by atoms with Gasteiger partial charge in [-0.3, -0.25) is 0 Å². The molecular weight excluding hydrogens is 322 g/mol. The van der Waals surface area contributed by atoms with E-state index in [4.69, 9.17) is 10.5 Å². The lowest BCUT2D eigenvalue weighted by molar-refractivity contribution is 0.306. The molecule has 1 aromatic heterocycles. The van der Waals surface area contributed by atoms with Crippen molar-refractivity contribution in [3.8, 4) is 22.6 Å². The van der Waals surface area contributed by atoms with Gasteiger partial charge in [-0.25, -0.2) is 4.68 Å². The van der Waals surface area contributed by atoms with Gasteiger partial charge in [0.1, 0.15) is 12.4 Å². The van der Waals surface area contributed by atoms with Crippen LogP contribution in [-0.4, -0.2) is 9.78 Å². The predicted octanol–water partition coefficient (Wildman–Crippen LogP) is 4.70. The number of aromatic nitrogens is 2. The molecule has 3 aromatic carbocycles. The Kier molecular flexibility index (Phi) is 4.39. The van der Waals surface area contributed by atoms with Crippen LogP contribution >= 0.6 is 0 Å². The molecule has 0 aliphatic carbocycles. The largest absolute Gasteiger partial charge is 0.489 e. The number of hydrogen-bond donors (Lipinski definition) is 1. The minimum Gasteiger partial charge on any atom is -0.489 e. The Labute approximate surface area is 152 Å². The van der Waals surface area contributed by atoms with Crippen LogP contribution in [0.5, 0.6) is 5.75 Å². The van der Waals surface area contributed by atoms with Crippen molar-refractivity contribution in [2.24, 2.45) is 0 Å². The van der Waals surface area contributed by atoms with E-state index in [-0.39, 0.29) is 0 Å². The van der Waals surface area contributed by atoms with E-state index in [1.165, 1.54) is 0 Å². The number of anilines is 1. The van der Waals surface area contributed by atoms with E-state index in [2.05, 4.69) is 5.10 Å². The van der Waals surface area contributed by atoms with Gasteiger partial charge in [0.25, 0.3) is 0 Å². The van der Waals surface area contributed by atoms with Gasteiger partial charge >= 0.3 is 0 Å². The highest BCUT2D eigenvalue weighted by molar-refractivity contribution is 5.74. The lowest BCUT2D eigenvalue weighted by atomic mass is 10.1. The molecule has 4 aromatic rings. The van der Waals surface area contributed by atoms with Crippen LogP contribution in [0.3, 0.4) is 0 Å². The Hall–Kier alpha value is -3.53. The van der Waals surface area contributed by atoms with Crippen molar-refractivity contribution in [2.45, 2.75) is 6.61 Å². The van der Waals surface area contributed by atoms with E-state index in [9.17, 15) is 0 Å². The maximum atomic E-state index is 6.12. The fourth-order valence-corrected chi connectivity index (χ4v) is 2.79. The Morgan fingerprint density at radius 3 is 2.15 bits per heavy atom. The van der Waals surface area contributed by atoms with Gasteiger partial charge in [0.05, 0.1) is 5.69 Å². The van der Waals surface area contributed by atoms with Crippen molar-refractivity contribution in [1.29, 1.82) is 0 Å². The summed E-state index contributed by atoms with van der Waals surface area (Å²) >= 11 is 0. The van der Waals surface area contributed by atoms with Crippen molar-refractivity contribution in [3.05, 3.63) is 96.7 Å². The van der Waals surface area contributed by atoms with Crippen molar-refractivity contribution < 1.29 is 4.74 Å². The smallest absolute Gasteiger partial charge is 0.153 e. The van der Waals surface area contributed by atoms with Crippen LogP contribution in [0.1, 0.15) is 5.56 Å². The third-order valence-electron chi connectivity index (χ3n) is 4.18. The SMILES string of the molecule is Nc1nn(-c2ccccc2)cc1-c1ccc(OCc2ccccc2)cc1. The van der Waals surface area contributed by atoms with Gasteiger partial charge in [-0.15, -0.1) is 0 Å². The first-order valence-electron chi connectivity index (χ1n) is 8.47. The monoisotopic (exact) mass is 341 g/mol. The van der Waals surface area contributed by atoms with Gasteiger partial charge < -0.3 is 10.5 Å². The normalized spacial score (nSPS) is 10.6. The van der Waals surface area contributed by atoms with E-state index >= 15 is 0 Å². The summed E-state index contributed by atoms with van der Waals surface area (Å²) in [6.45, 7) is 0.550. The summed E-state index contributed by atoms with van der Waals surface area (Å²) in [5.74, 6) is 1.33. The van der Waals surface area contributed by atoms with E-state index in [1.807, 2.05) is 91.1 Å². The van der Waals surface area contributed by atoms with Crippen LogP contribution in [0.25, 0.3) is 16.8 Å². The highest BCUT2D eigenvalue weighted by Gasteiger charge is 2.09. The third-order valence-corrected chi connectivity index (χ3v) is 4.18. The molecule has 0 aliphatic rings. The number of nitrogens with zero attached hydrogens (tertiary/aromatic N) is 2. The lowest BCUT2D eigenvalue weighted by Crippen LogP contribution is -1.95. The molecule has 4 rings (SSSR count). The molecule has 0 saturated carbocycles. The Morgan fingerprint density at radius 1 is 0.808 bits per heavy atom. The molecule has 4 nitrogen and oxygen atoms in total. The lowest BCUT2D eigenvalue weighted by Gasteiger charge is -2.07. The first-order valence-corrected chi connectivity index (χ1v) is 8.47. The maximum Gasteiger partial charge on any atom is 0.153 e. The molecule has 0 spiro atoms. The van der Waals surface area contributed by atoms with E-state index < -0.39 is 0 Å². The van der Waals surface area contributed by atoms with Crippen LogP contribution in [0, 0.1) is 0 Å². The number of nitrogens with two attached hydrogens (primary N) is 1. The summed E-state index contributed by atoms with van der Waals surface area (Å²) in [6, 6.07) is 28.0. The van der Waals surface area contributed by atoms with Crippen molar-refractivity contribution in [3.63, 3.8) is 0 Å². The van der Waals surface area contributed by atoms with E-state index in [0.29, 0.717) is 12.4 Å². The van der Waals surface area contributed by atoms with Gasteiger partial charge in [0.15, 0.2) is 5.82 Å². The minimum atomic E-state index is 0.506. The Bertz CT molecular complexity index is 977. The molecule has 0 radical (unpaired) electrons. The topological polar surface area (TPSA) is 53.1 Å². The van der Waals surface area contributed by atoms with Gasteiger partial charge in [-0.1, -0.05) is 60.7 Å². The molecule has 0 fully saturated rings. The molecule has 0 saturated heterocycles. The summed E-state index contributed by atoms with van der Waals surface area (Å²) in [5, 5.41) is 4.42. The molecule has 128 valence electrons. The summed E-state index contributed by atoms with van der Waals surface area (Å²) in [5.41, 5.74) is 10.2. The minimum absolute atomic E-state index is 0.506. The molecule has 0 amide bonds. The van der Waals surface area contributed by atoms with E-state index in [0.717, 1.165) is 28.1 Å². The fraction of sp³-hybridized carbons (Fsp3) is 0.0455. The molecule has 1 heterocycles. The quantitative estimate of drug-likeness (QED) is 0.572. The number of ether oxygens (including phenoxy) is 1. The molecule has 4 heteroatoms. The number of para-hydroxylation sites is 1. The zero-order valence-corrected chi connectivity index (χ0v) is 14.2. The zero-order chi connectivity index (χ0) is 17.8. The second-order valence-electron chi connectivity index (χ2n) is 6.01. The molecule has 0 atom stereocenters. The molecule has 2 N–H and O–H groups in total. The number of hydrogen-bond acceptors (Lipinski definition) is 3. The molecule has 0 aliphatic heterocycles. The molecule has 0 bridgehead atoms. The van der Waals surface area contributed by atoms with Gasteiger partial charge in [0, 0.05) is 11.8 Å². The summed E-state index contributed by atoms with van der Waals surface area (Å²) in [6.07, 6.45) is 1.95. The highest BCUT2D eigenvalue weighted by Crippen LogP contribution is 2.28. The zero-order valence-electron chi connectivity index (χ0n) is 14.2. The van der Waals surface area contributed by atoms with Crippen LogP contribution < -0.4 is 10.5 Å².